The molecule has 3 heterocycles. The normalized spacial score (nSPS) is 13.1. The molecule has 0 bridgehead atoms. The Labute approximate surface area is 340 Å². The van der Waals surface area contributed by atoms with Crippen LogP contribution in [0.2, 0.25) is 0 Å². The van der Waals surface area contributed by atoms with Crippen molar-refractivity contribution >= 4 is 43.7 Å². The molecule has 0 N–H and O–H groups in total. The van der Waals surface area contributed by atoms with E-state index in [1.54, 1.807) is 0 Å². The maximum Gasteiger partial charge on any atom is 0.164 e. The molecule has 11 aromatic rings. The molecule has 0 saturated carbocycles. The van der Waals surface area contributed by atoms with Crippen molar-refractivity contribution in [1.82, 2.24) is 19.5 Å². The fourth-order valence-corrected chi connectivity index (χ4v) is 9.30. The summed E-state index contributed by atoms with van der Waals surface area (Å²) in [6.45, 7) is 4.68. The molecule has 0 saturated heterocycles. The lowest BCUT2D eigenvalue weighted by atomic mass is 9.82. The molecule has 3 aromatic heterocycles. The average Bonchev–Trinajstić information content (AvgIpc) is 3.90. The third kappa shape index (κ3) is 5.21. The predicted octanol–water partition coefficient (Wildman–Crippen LogP) is 13.8. The zero-order valence-corrected chi connectivity index (χ0v) is 32.5. The van der Waals surface area contributed by atoms with Gasteiger partial charge >= 0.3 is 0 Å². The second-order valence-electron chi connectivity index (χ2n) is 16.1. The summed E-state index contributed by atoms with van der Waals surface area (Å²) < 4.78 is 8.91. The van der Waals surface area contributed by atoms with Gasteiger partial charge in [-0.05, 0) is 88.0 Å². The fourth-order valence-electron chi connectivity index (χ4n) is 9.30. The Hall–Kier alpha value is -7.63. The zero-order valence-electron chi connectivity index (χ0n) is 32.5. The number of fused-ring (bicyclic) bond motifs is 9. The third-order valence-corrected chi connectivity index (χ3v) is 12.2. The summed E-state index contributed by atoms with van der Waals surface area (Å²) in [6, 6.07) is 64.2. The first-order chi connectivity index (χ1) is 29.0. The summed E-state index contributed by atoms with van der Waals surface area (Å²) >= 11 is 0. The second-order valence-corrected chi connectivity index (χ2v) is 16.1. The zero-order chi connectivity index (χ0) is 39.2. The minimum atomic E-state index is -0.116. The molecule has 0 aliphatic heterocycles. The number of furan rings is 1. The quantitative estimate of drug-likeness (QED) is 0.175. The van der Waals surface area contributed by atoms with E-state index in [1.165, 1.54) is 38.5 Å². The van der Waals surface area contributed by atoms with Gasteiger partial charge in [0.15, 0.2) is 17.5 Å². The number of rotatable bonds is 5. The Kier molecular flexibility index (Phi) is 7.20. The van der Waals surface area contributed by atoms with Crippen LogP contribution in [0.3, 0.4) is 0 Å². The Balaban J connectivity index is 1.01. The van der Waals surface area contributed by atoms with Crippen LogP contribution >= 0.6 is 0 Å². The van der Waals surface area contributed by atoms with Crippen molar-refractivity contribution in [2.24, 2.45) is 0 Å². The molecule has 5 heteroatoms. The average molecular weight is 757 g/mol. The number of benzene rings is 8. The lowest BCUT2D eigenvalue weighted by molar-refractivity contribution is 0.661. The van der Waals surface area contributed by atoms with Gasteiger partial charge in [0, 0.05) is 49.3 Å². The molecule has 59 heavy (non-hydrogen) atoms. The maximum atomic E-state index is 6.52. The Morgan fingerprint density at radius 3 is 1.75 bits per heavy atom. The van der Waals surface area contributed by atoms with Gasteiger partial charge in [0.1, 0.15) is 11.2 Å². The van der Waals surface area contributed by atoms with E-state index in [9.17, 15) is 0 Å². The van der Waals surface area contributed by atoms with Gasteiger partial charge in [-0.2, -0.15) is 0 Å². The van der Waals surface area contributed by atoms with Crippen molar-refractivity contribution in [1.29, 1.82) is 0 Å². The third-order valence-electron chi connectivity index (χ3n) is 12.2. The standard InChI is InChI=1S/C54H36N4O/c1-54(2)45-22-11-9-20-39(45)43-31-44-40-21-10-12-23-47(40)58(48(44)32-46(43)54)38-19-13-18-36(28-38)52-55-51(34-16-7-4-8-17-34)56-53(57-52)37-25-27-42-41-26-24-35(33-14-5-3-6-15-33)29-49(41)59-50(42)30-37/h3-32H,1-2H3. The van der Waals surface area contributed by atoms with Crippen molar-refractivity contribution in [3.8, 4) is 62.1 Å². The highest BCUT2D eigenvalue weighted by Gasteiger charge is 2.36. The topological polar surface area (TPSA) is 56.7 Å². The Morgan fingerprint density at radius 2 is 0.983 bits per heavy atom. The SMILES string of the molecule is CC1(C)c2ccccc2-c2cc3c4ccccc4n(-c4cccc(-c5nc(-c6ccccc6)nc(-c6ccc7c(c6)oc6cc(-c8ccccc8)ccc67)n5)c4)c3cc21. The molecule has 0 amide bonds. The van der Waals surface area contributed by atoms with E-state index in [-0.39, 0.29) is 5.41 Å². The maximum absolute atomic E-state index is 6.52. The lowest BCUT2D eigenvalue weighted by Crippen LogP contribution is -2.14. The number of hydrogen-bond donors (Lipinski definition) is 0. The molecule has 1 aliphatic carbocycles. The number of para-hydroxylation sites is 1. The van der Waals surface area contributed by atoms with Gasteiger partial charge in [0.2, 0.25) is 0 Å². The van der Waals surface area contributed by atoms with Gasteiger partial charge in [-0.25, -0.2) is 15.0 Å². The Bertz CT molecular complexity index is 3470. The van der Waals surface area contributed by atoms with Crippen LogP contribution in [0.1, 0.15) is 25.0 Å². The summed E-state index contributed by atoms with van der Waals surface area (Å²) in [4.78, 5) is 15.4. The van der Waals surface area contributed by atoms with Crippen molar-refractivity contribution in [2.45, 2.75) is 19.3 Å². The highest BCUT2D eigenvalue weighted by molar-refractivity contribution is 6.12. The van der Waals surface area contributed by atoms with E-state index >= 15 is 0 Å². The molecule has 5 nitrogen and oxygen atoms in total. The molecule has 278 valence electrons. The fraction of sp³-hybridized carbons (Fsp3) is 0.0556. The smallest absolute Gasteiger partial charge is 0.164 e. The minimum absolute atomic E-state index is 0.116. The molecule has 0 fully saturated rings. The molecule has 0 atom stereocenters. The largest absolute Gasteiger partial charge is 0.456 e. The summed E-state index contributed by atoms with van der Waals surface area (Å²) in [5.41, 5.74) is 15.2. The van der Waals surface area contributed by atoms with Crippen LogP contribution in [-0.4, -0.2) is 19.5 Å². The van der Waals surface area contributed by atoms with Crippen LogP contribution in [0.15, 0.2) is 186 Å². The van der Waals surface area contributed by atoms with Crippen molar-refractivity contribution in [3.05, 3.63) is 193 Å². The number of nitrogens with zero attached hydrogens (tertiary/aromatic N) is 4. The van der Waals surface area contributed by atoms with Crippen LogP contribution in [0.5, 0.6) is 0 Å². The summed E-state index contributed by atoms with van der Waals surface area (Å²) in [5, 5.41) is 4.59. The van der Waals surface area contributed by atoms with Gasteiger partial charge in [-0.15, -0.1) is 0 Å². The van der Waals surface area contributed by atoms with Crippen molar-refractivity contribution in [2.75, 3.05) is 0 Å². The van der Waals surface area contributed by atoms with Gasteiger partial charge in [0.05, 0.1) is 11.0 Å². The van der Waals surface area contributed by atoms with Crippen LogP contribution in [0, 0.1) is 0 Å². The van der Waals surface area contributed by atoms with Crippen molar-refractivity contribution in [3.63, 3.8) is 0 Å². The van der Waals surface area contributed by atoms with Gasteiger partial charge in [-0.3, -0.25) is 0 Å². The van der Waals surface area contributed by atoms with Crippen LogP contribution in [0.4, 0.5) is 0 Å². The summed E-state index contributed by atoms with van der Waals surface area (Å²) in [6.07, 6.45) is 0. The monoisotopic (exact) mass is 756 g/mol. The predicted molar refractivity (Wildman–Crippen MR) is 241 cm³/mol. The van der Waals surface area contributed by atoms with Gasteiger partial charge in [0.25, 0.3) is 0 Å². The number of aromatic nitrogens is 4. The molecule has 0 radical (unpaired) electrons. The van der Waals surface area contributed by atoms with E-state index in [4.69, 9.17) is 19.4 Å². The molecule has 12 rings (SSSR count). The highest BCUT2D eigenvalue weighted by Crippen LogP contribution is 2.51. The molecular formula is C54H36N4O. The summed E-state index contributed by atoms with van der Waals surface area (Å²) in [5.74, 6) is 1.80. The van der Waals surface area contributed by atoms with E-state index in [0.29, 0.717) is 17.5 Å². The first-order valence-corrected chi connectivity index (χ1v) is 20.1. The van der Waals surface area contributed by atoms with Crippen LogP contribution in [-0.2, 0) is 5.41 Å². The summed E-state index contributed by atoms with van der Waals surface area (Å²) in [7, 11) is 0. The van der Waals surface area contributed by atoms with Crippen molar-refractivity contribution < 1.29 is 4.42 Å². The molecule has 8 aromatic carbocycles. The van der Waals surface area contributed by atoms with Gasteiger partial charge < -0.3 is 8.98 Å². The van der Waals surface area contributed by atoms with E-state index < -0.39 is 0 Å². The molecule has 0 spiro atoms. The Morgan fingerprint density at radius 1 is 0.390 bits per heavy atom. The van der Waals surface area contributed by atoms with Gasteiger partial charge in [-0.1, -0.05) is 141 Å². The molecule has 0 unspecified atom stereocenters. The minimum Gasteiger partial charge on any atom is -0.456 e. The van der Waals surface area contributed by atoms with E-state index in [0.717, 1.165) is 61.0 Å². The van der Waals surface area contributed by atoms with E-state index in [2.05, 4.69) is 164 Å². The first-order valence-electron chi connectivity index (χ1n) is 20.1. The number of hydrogen-bond acceptors (Lipinski definition) is 4. The van der Waals surface area contributed by atoms with Crippen LogP contribution < -0.4 is 0 Å². The van der Waals surface area contributed by atoms with Crippen LogP contribution in [0.25, 0.3) is 106 Å². The molecular weight excluding hydrogens is 721 g/mol. The molecule has 1 aliphatic rings. The first kappa shape index (κ1) is 33.5. The van der Waals surface area contributed by atoms with E-state index in [1.807, 2.05) is 36.4 Å². The lowest BCUT2D eigenvalue weighted by Gasteiger charge is -2.21. The highest BCUT2D eigenvalue weighted by atomic mass is 16.3. The second kappa shape index (κ2) is 12.7.